The Morgan fingerprint density at radius 1 is 1.58 bits per heavy atom. The van der Waals surface area contributed by atoms with Gasteiger partial charge in [0.2, 0.25) is 5.95 Å². The van der Waals surface area contributed by atoms with E-state index in [9.17, 15) is 0 Å². The van der Waals surface area contributed by atoms with Crippen LogP contribution in [0, 0.1) is 11.3 Å². The molecule has 0 radical (unpaired) electrons. The van der Waals surface area contributed by atoms with Gasteiger partial charge in [0.05, 0.1) is 5.56 Å². The summed E-state index contributed by atoms with van der Waals surface area (Å²) < 4.78 is 1.48. The molecule has 0 spiro atoms. The van der Waals surface area contributed by atoms with Gasteiger partial charge in [0.1, 0.15) is 6.07 Å². The average molecular weight is 159 g/mol. The standard InChI is InChI=1S/C7H5N5/c8-4-5-2-1-3-12-6(5)10-7(9)11-12/h1-3H,(H2,9,11). The number of anilines is 1. The molecule has 0 saturated carbocycles. The van der Waals surface area contributed by atoms with Crippen molar-refractivity contribution >= 4 is 11.6 Å². The van der Waals surface area contributed by atoms with Gasteiger partial charge in [-0.1, -0.05) is 0 Å². The summed E-state index contributed by atoms with van der Waals surface area (Å²) in [7, 11) is 0. The third-order valence-corrected chi connectivity index (χ3v) is 1.50. The summed E-state index contributed by atoms with van der Waals surface area (Å²) in [6, 6.07) is 5.40. The van der Waals surface area contributed by atoms with Crippen molar-refractivity contribution in [2.24, 2.45) is 0 Å². The quantitative estimate of drug-likeness (QED) is 0.594. The first-order valence-electron chi connectivity index (χ1n) is 3.32. The van der Waals surface area contributed by atoms with Crippen LogP contribution in [0.1, 0.15) is 5.56 Å². The Balaban J connectivity index is 2.89. The van der Waals surface area contributed by atoms with E-state index in [-0.39, 0.29) is 5.95 Å². The molecule has 0 bridgehead atoms. The highest BCUT2D eigenvalue weighted by Crippen LogP contribution is 2.07. The topological polar surface area (TPSA) is 80.0 Å². The normalized spacial score (nSPS) is 9.92. The van der Waals surface area contributed by atoms with Crippen LogP contribution in [0.5, 0.6) is 0 Å². The molecule has 0 aliphatic rings. The van der Waals surface area contributed by atoms with Crippen molar-refractivity contribution in [2.75, 3.05) is 5.73 Å². The van der Waals surface area contributed by atoms with Crippen LogP contribution in [-0.2, 0) is 0 Å². The molecule has 2 N–H and O–H groups in total. The van der Waals surface area contributed by atoms with E-state index < -0.39 is 0 Å². The van der Waals surface area contributed by atoms with Crippen molar-refractivity contribution in [3.63, 3.8) is 0 Å². The van der Waals surface area contributed by atoms with Crippen molar-refractivity contribution < 1.29 is 0 Å². The average Bonchev–Trinajstić information content (AvgIpc) is 2.44. The summed E-state index contributed by atoms with van der Waals surface area (Å²) in [4.78, 5) is 3.89. The number of nitrogens with zero attached hydrogens (tertiary/aromatic N) is 4. The van der Waals surface area contributed by atoms with Gasteiger partial charge in [-0.3, -0.25) is 0 Å². The SMILES string of the molecule is N#Cc1cccn2nc(N)nc12. The lowest BCUT2D eigenvalue weighted by molar-refractivity contribution is 0.966. The highest BCUT2D eigenvalue weighted by atomic mass is 15.3. The lowest BCUT2D eigenvalue weighted by Gasteiger charge is -1.89. The molecule has 58 valence electrons. The van der Waals surface area contributed by atoms with Crippen LogP contribution in [-0.4, -0.2) is 14.6 Å². The molecule has 0 unspecified atom stereocenters. The molecule has 0 aromatic carbocycles. The summed E-state index contributed by atoms with van der Waals surface area (Å²) in [5.74, 6) is 0.178. The van der Waals surface area contributed by atoms with Crippen molar-refractivity contribution in [2.45, 2.75) is 0 Å². The van der Waals surface area contributed by atoms with Crippen LogP contribution in [0.25, 0.3) is 5.65 Å². The number of nitrogen functional groups attached to an aromatic ring is 1. The minimum Gasteiger partial charge on any atom is -0.366 e. The zero-order valence-corrected chi connectivity index (χ0v) is 6.10. The molecule has 5 heteroatoms. The van der Waals surface area contributed by atoms with Gasteiger partial charge in [0, 0.05) is 6.20 Å². The Kier molecular flexibility index (Phi) is 1.21. The largest absolute Gasteiger partial charge is 0.366 e. The molecular formula is C7H5N5. The van der Waals surface area contributed by atoms with E-state index in [1.54, 1.807) is 18.3 Å². The van der Waals surface area contributed by atoms with Gasteiger partial charge in [-0.2, -0.15) is 10.2 Å². The fraction of sp³-hybridized carbons (Fsp3) is 0. The number of pyridine rings is 1. The van der Waals surface area contributed by atoms with E-state index >= 15 is 0 Å². The van der Waals surface area contributed by atoms with Gasteiger partial charge in [-0.25, -0.2) is 4.52 Å². The number of hydrogen-bond acceptors (Lipinski definition) is 4. The van der Waals surface area contributed by atoms with E-state index in [1.165, 1.54) is 4.52 Å². The number of aromatic nitrogens is 3. The lowest BCUT2D eigenvalue weighted by Crippen LogP contribution is -1.89. The van der Waals surface area contributed by atoms with Crippen molar-refractivity contribution in [1.82, 2.24) is 14.6 Å². The molecule has 0 fully saturated rings. The minimum atomic E-state index is 0.178. The molecule has 0 amide bonds. The number of nitriles is 1. The fourth-order valence-corrected chi connectivity index (χ4v) is 1.01. The predicted molar refractivity (Wildman–Crippen MR) is 42.1 cm³/mol. The second kappa shape index (κ2) is 2.20. The molecule has 0 aliphatic carbocycles. The molecular weight excluding hydrogens is 154 g/mol. The maximum Gasteiger partial charge on any atom is 0.240 e. The molecule has 0 atom stereocenters. The molecule has 2 heterocycles. The smallest absolute Gasteiger partial charge is 0.240 e. The lowest BCUT2D eigenvalue weighted by atomic mass is 10.3. The van der Waals surface area contributed by atoms with Gasteiger partial charge < -0.3 is 5.73 Å². The van der Waals surface area contributed by atoms with E-state index in [2.05, 4.69) is 10.1 Å². The molecule has 2 aromatic heterocycles. The van der Waals surface area contributed by atoms with Crippen molar-refractivity contribution in [1.29, 1.82) is 5.26 Å². The third-order valence-electron chi connectivity index (χ3n) is 1.50. The van der Waals surface area contributed by atoms with E-state index in [0.29, 0.717) is 11.2 Å². The maximum atomic E-state index is 8.67. The number of rotatable bonds is 0. The molecule has 12 heavy (non-hydrogen) atoms. The summed E-state index contributed by atoms with van der Waals surface area (Å²) in [5.41, 5.74) is 6.33. The number of nitrogens with two attached hydrogens (primary N) is 1. The Morgan fingerprint density at radius 2 is 2.42 bits per heavy atom. The Hall–Kier alpha value is -2.09. The fourth-order valence-electron chi connectivity index (χ4n) is 1.01. The zero-order chi connectivity index (χ0) is 8.55. The van der Waals surface area contributed by atoms with Gasteiger partial charge in [0.25, 0.3) is 0 Å². The minimum absolute atomic E-state index is 0.178. The van der Waals surface area contributed by atoms with Crippen LogP contribution < -0.4 is 5.73 Å². The highest BCUT2D eigenvalue weighted by Gasteiger charge is 2.03. The first kappa shape index (κ1) is 6.61. The first-order valence-corrected chi connectivity index (χ1v) is 3.32. The molecule has 0 aliphatic heterocycles. The van der Waals surface area contributed by atoms with Crippen LogP contribution in [0.4, 0.5) is 5.95 Å². The van der Waals surface area contributed by atoms with Gasteiger partial charge in [-0.05, 0) is 12.1 Å². The Bertz CT molecular complexity index is 464. The molecule has 2 rings (SSSR count). The summed E-state index contributed by atoms with van der Waals surface area (Å²) in [6.07, 6.45) is 1.69. The first-order chi connectivity index (χ1) is 5.81. The Morgan fingerprint density at radius 3 is 3.17 bits per heavy atom. The summed E-state index contributed by atoms with van der Waals surface area (Å²) in [6.45, 7) is 0. The van der Waals surface area contributed by atoms with Crippen LogP contribution in [0.15, 0.2) is 18.3 Å². The van der Waals surface area contributed by atoms with Gasteiger partial charge >= 0.3 is 0 Å². The maximum absolute atomic E-state index is 8.67. The van der Waals surface area contributed by atoms with Crippen molar-refractivity contribution in [3.8, 4) is 6.07 Å². The molecule has 5 nitrogen and oxygen atoms in total. The molecule has 2 aromatic rings. The summed E-state index contributed by atoms with van der Waals surface area (Å²) in [5, 5.41) is 12.5. The molecule has 0 saturated heterocycles. The number of fused-ring (bicyclic) bond motifs is 1. The van der Waals surface area contributed by atoms with Crippen LogP contribution in [0.2, 0.25) is 0 Å². The second-order valence-corrected chi connectivity index (χ2v) is 2.27. The predicted octanol–water partition coefficient (Wildman–Crippen LogP) is 0.183. The second-order valence-electron chi connectivity index (χ2n) is 2.27. The third kappa shape index (κ3) is 0.787. The Labute approximate surface area is 68.1 Å². The van der Waals surface area contributed by atoms with Crippen LogP contribution >= 0.6 is 0 Å². The van der Waals surface area contributed by atoms with Crippen molar-refractivity contribution in [3.05, 3.63) is 23.9 Å². The summed E-state index contributed by atoms with van der Waals surface area (Å²) >= 11 is 0. The van der Waals surface area contributed by atoms with Gasteiger partial charge in [-0.15, -0.1) is 5.10 Å². The van der Waals surface area contributed by atoms with E-state index in [0.717, 1.165) is 0 Å². The van der Waals surface area contributed by atoms with Gasteiger partial charge in [0.15, 0.2) is 5.65 Å². The zero-order valence-electron chi connectivity index (χ0n) is 6.10. The van der Waals surface area contributed by atoms with E-state index in [1.807, 2.05) is 6.07 Å². The monoisotopic (exact) mass is 159 g/mol. The van der Waals surface area contributed by atoms with Crippen LogP contribution in [0.3, 0.4) is 0 Å². The highest BCUT2D eigenvalue weighted by molar-refractivity contribution is 5.55. The van der Waals surface area contributed by atoms with E-state index in [4.69, 9.17) is 11.0 Å². The number of hydrogen-bond donors (Lipinski definition) is 1.